The largest absolute Gasteiger partial charge is 0.342 e. The van der Waals surface area contributed by atoms with Crippen molar-refractivity contribution in [2.45, 2.75) is 25.7 Å². The Bertz CT molecular complexity index is 413. The Morgan fingerprint density at radius 1 is 1.39 bits per heavy atom. The molecule has 98 valence electrons. The highest BCUT2D eigenvalue weighted by Crippen LogP contribution is 2.27. The van der Waals surface area contributed by atoms with Crippen LogP contribution in [0.1, 0.15) is 30.1 Å². The van der Waals surface area contributed by atoms with E-state index < -0.39 is 0 Å². The molecule has 1 amide bonds. The summed E-state index contributed by atoms with van der Waals surface area (Å²) in [6, 6.07) is 0. The van der Waals surface area contributed by atoms with E-state index in [9.17, 15) is 4.79 Å². The van der Waals surface area contributed by atoms with Crippen molar-refractivity contribution in [1.82, 2.24) is 20.2 Å². The van der Waals surface area contributed by atoms with Crippen molar-refractivity contribution in [2.24, 2.45) is 0 Å². The van der Waals surface area contributed by atoms with Crippen molar-refractivity contribution in [2.75, 3.05) is 26.7 Å². The summed E-state index contributed by atoms with van der Waals surface area (Å²) in [5, 5.41) is 2.90. The zero-order chi connectivity index (χ0) is 13.0. The van der Waals surface area contributed by atoms with Crippen LogP contribution in [0, 0.1) is 6.92 Å². The fourth-order valence-corrected chi connectivity index (χ4v) is 2.48. The van der Waals surface area contributed by atoms with E-state index in [1.807, 2.05) is 11.8 Å². The van der Waals surface area contributed by atoms with Crippen molar-refractivity contribution in [1.29, 1.82) is 0 Å². The van der Waals surface area contributed by atoms with Crippen molar-refractivity contribution in [3.8, 4) is 0 Å². The number of nitrogens with zero attached hydrogens (tertiary/aromatic N) is 3. The van der Waals surface area contributed by atoms with Crippen LogP contribution in [-0.2, 0) is 4.79 Å². The third-order valence-electron chi connectivity index (χ3n) is 3.48. The first-order valence-corrected chi connectivity index (χ1v) is 6.42. The van der Waals surface area contributed by atoms with Gasteiger partial charge in [-0.2, -0.15) is 0 Å². The van der Waals surface area contributed by atoms with Gasteiger partial charge in [0, 0.05) is 31.4 Å². The molecule has 2 rings (SSSR count). The summed E-state index contributed by atoms with van der Waals surface area (Å²) in [6.07, 6.45) is 5.44. The van der Waals surface area contributed by atoms with Gasteiger partial charge in [0.15, 0.2) is 0 Å². The molecule has 18 heavy (non-hydrogen) atoms. The van der Waals surface area contributed by atoms with E-state index in [0.717, 1.165) is 37.3 Å². The average molecular weight is 248 g/mol. The molecular formula is C13H20N4O. The van der Waals surface area contributed by atoms with Crippen LogP contribution >= 0.6 is 0 Å². The Labute approximate surface area is 108 Å². The Kier molecular flexibility index (Phi) is 4.25. The molecule has 0 radical (unpaired) electrons. The number of rotatable bonds is 3. The standard InChI is InChI=1S/C13H20N4O/c1-10-13(16-6-5-15-10)11-3-7-17(8-4-11)12(18)9-14-2/h5-6,11,14H,3-4,7-9H2,1-2H3. The normalized spacial score (nSPS) is 16.9. The second kappa shape index (κ2) is 5.91. The number of carbonyl (C=O) groups is 1. The van der Waals surface area contributed by atoms with Gasteiger partial charge in [-0.3, -0.25) is 14.8 Å². The molecule has 1 aliphatic heterocycles. The van der Waals surface area contributed by atoms with Crippen molar-refractivity contribution in [3.05, 3.63) is 23.8 Å². The third kappa shape index (κ3) is 2.85. The second-order valence-corrected chi connectivity index (χ2v) is 4.71. The van der Waals surface area contributed by atoms with Gasteiger partial charge in [0.1, 0.15) is 0 Å². The third-order valence-corrected chi connectivity index (χ3v) is 3.48. The van der Waals surface area contributed by atoms with Gasteiger partial charge in [-0.15, -0.1) is 0 Å². The molecular weight excluding hydrogens is 228 g/mol. The number of piperidine rings is 1. The highest BCUT2D eigenvalue weighted by Gasteiger charge is 2.25. The Hall–Kier alpha value is -1.49. The molecule has 0 bridgehead atoms. The van der Waals surface area contributed by atoms with Crippen molar-refractivity contribution < 1.29 is 4.79 Å². The van der Waals surface area contributed by atoms with E-state index in [2.05, 4.69) is 15.3 Å². The predicted molar refractivity (Wildman–Crippen MR) is 69.3 cm³/mol. The quantitative estimate of drug-likeness (QED) is 0.856. The summed E-state index contributed by atoms with van der Waals surface area (Å²) in [7, 11) is 1.80. The van der Waals surface area contributed by atoms with E-state index >= 15 is 0 Å². The SMILES string of the molecule is CNCC(=O)N1CCC(c2nccnc2C)CC1. The van der Waals surface area contributed by atoms with Crippen molar-refractivity contribution in [3.63, 3.8) is 0 Å². The minimum Gasteiger partial charge on any atom is -0.342 e. The molecule has 1 saturated heterocycles. The van der Waals surface area contributed by atoms with Gasteiger partial charge in [0.2, 0.25) is 5.91 Å². The first kappa shape index (κ1) is 13.0. The maximum absolute atomic E-state index is 11.7. The second-order valence-electron chi connectivity index (χ2n) is 4.71. The molecule has 5 heteroatoms. The summed E-state index contributed by atoms with van der Waals surface area (Å²) in [5.74, 6) is 0.629. The zero-order valence-electron chi connectivity index (χ0n) is 11.0. The zero-order valence-corrected chi connectivity index (χ0v) is 11.0. The maximum Gasteiger partial charge on any atom is 0.236 e. The predicted octanol–water partition coefficient (Wildman–Crippen LogP) is 0.710. The molecule has 5 nitrogen and oxygen atoms in total. The number of hydrogen-bond donors (Lipinski definition) is 1. The Morgan fingerprint density at radius 2 is 2.06 bits per heavy atom. The fourth-order valence-electron chi connectivity index (χ4n) is 2.48. The summed E-state index contributed by atoms with van der Waals surface area (Å²) in [6.45, 7) is 4.07. The number of amides is 1. The van der Waals surface area contributed by atoms with Crippen molar-refractivity contribution >= 4 is 5.91 Å². The average Bonchev–Trinajstić information content (AvgIpc) is 2.40. The summed E-state index contributed by atoms with van der Waals surface area (Å²) in [4.78, 5) is 22.4. The first-order valence-electron chi connectivity index (χ1n) is 6.42. The lowest BCUT2D eigenvalue weighted by Crippen LogP contribution is -2.42. The van der Waals surface area contributed by atoms with E-state index in [1.165, 1.54) is 0 Å². The molecule has 0 unspecified atom stereocenters. The monoisotopic (exact) mass is 248 g/mol. The lowest BCUT2D eigenvalue weighted by Gasteiger charge is -2.32. The number of likely N-dealkylation sites (N-methyl/N-ethyl adjacent to an activating group) is 1. The first-order chi connectivity index (χ1) is 8.72. The van der Waals surface area contributed by atoms with Gasteiger partial charge in [-0.1, -0.05) is 0 Å². The highest BCUT2D eigenvalue weighted by molar-refractivity contribution is 5.78. The number of aryl methyl sites for hydroxylation is 1. The van der Waals surface area contributed by atoms with E-state index in [4.69, 9.17) is 0 Å². The van der Waals surface area contributed by atoms with Gasteiger partial charge in [0.25, 0.3) is 0 Å². The highest BCUT2D eigenvalue weighted by atomic mass is 16.2. The molecule has 0 saturated carbocycles. The van der Waals surface area contributed by atoms with Gasteiger partial charge in [-0.25, -0.2) is 0 Å². The topological polar surface area (TPSA) is 58.1 Å². The number of nitrogens with one attached hydrogen (secondary N) is 1. The smallest absolute Gasteiger partial charge is 0.236 e. The van der Waals surface area contributed by atoms with Gasteiger partial charge < -0.3 is 10.2 Å². The van der Waals surface area contributed by atoms with Gasteiger partial charge in [0.05, 0.1) is 17.9 Å². The van der Waals surface area contributed by atoms with Crippen LogP contribution in [-0.4, -0.2) is 47.5 Å². The molecule has 0 aromatic carbocycles. The maximum atomic E-state index is 11.7. The van der Waals surface area contributed by atoms with E-state index in [0.29, 0.717) is 12.5 Å². The molecule has 0 aliphatic carbocycles. The molecule has 1 fully saturated rings. The number of carbonyl (C=O) groups excluding carboxylic acids is 1. The summed E-state index contributed by atoms with van der Waals surface area (Å²) < 4.78 is 0. The van der Waals surface area contributed by atoms with Gasteiger partial charge in [-0.05, 0) is 26.8 Å². The fraction of sp³-hybridized carbons (Fsp3) is 0.615. The van der Waals surface area contributed by atoms with Crippen LogP contribution < -0.4 is 5.32 Å². The Balaban J connectivity index is 1.95. The van der Waals surface area contributed by atoms with Crippen LogP contribution in [0.4, 0.5) is 0 Å². The lowest BCUT2D eigenvalue weighted by molar-refractivity contribution is -0.131. The van der Waals surface area contributed by atoms with Gasteiger partial charge >= 0.3 is 0 Å². The molecule has 2 heterocycles. The number of likely N-dealkylation sites (tertiary alicyclic amines) is 1. The molecule has 1 N–H and O–H groups in total. The summed E-state index contributed by atoms with van der Waals surface area (Å²) in [5.41, 5.74) is 2.11. The minimum absolute atomic E-state index is 0.187. The molecule has 0 atom stereocenters. The molecule has 0 spiro atoms. The van der Waals surface area contributed by atoms with Crippen LogP contribution in [0.3, 0.4) is 0 Å². The van der Waals surface area contributed by atoms with Crippen LogP contribution in [0.2, 0.25) is 0 Å². The van der Waals surface area contributed by atoms with E-state index in [-0.39, 0.29) is 5.91 Å². The summed E-state index contributed by atoms with van der Waals surface area (Å²) >= 11 is 0. The van der Waals surface area contributed by atoms with E-state index in [1.54, 1.807) is 19.4 Å². The molecule has 1 aliphatic rings. The lowest BCUT2D eigenvalue weighted by atomic mass is 9.92. The molecule has 1 aromatic heterocycles. The number of hydrogen-bond acceptors (Lipinski definition) is 4. The van der Waals surface area contributed by atoms with Crippen LogP contribution in [0.25, 0.3) is 0 Å². The number of aromatic nitrogens is 2. The molecule has 1 aromatic rings. The Morgan fingerprint density at radius 3 is 2.67 bits per heavy atom. The van der Waals surface area contributed by atoms with Crippen LogP contribution in [0.5, 0.6) is 0 Å². The van der Waals surface area contributed by atoms with Crippen LogP contribution in [0.15, 0.2) is 12.4 Å². The minimum atomic E-state index is 0.187.